The van der Waals surface area contributed by atoms with Crippen LogP contribution in [0.2, 0.25) is 0 Å². The summed E-state index contributed by atoms with van der Waals surface area (Å²) in [6.45, 7) is 4.51. The van der Waals surface area contributed by atoms with Crippen LogP contribution in [0.15, 0.2) is 137 Å². The SMILES string of the molecule is CCc1ccc(O)c(C(=O)/C=C/c2ccc(OCCCCc3cn(CCOCCOc4ccc(-c5oc6ccccc6c(=O)c5OCc5cccc(OC)c5)cc4)nn3)cc2)c1. The van der Waals surface area contributed by atoms with Gasteiger partial charge in [-0.05, 0) is 121 Å². The number of fused-ring (bicyclic) bond motifs is 1. The molecule has 0 aliphatic carbocycles. The van der Waals surface area contributed by atoms with Crippen LogP contribution in [0.25, 0.3) is 28.4 Å². The number of rotatable bonds is 22. The van der Waals surface area contributed by atoms with E-state index in [9.17, 15) is 14.7 Å². The van der Waals surface area contributed by atoms with Gasteiger partial charge in [-0.3, -0.25) is 9.59 Å². The van der Waals surface area contributed by atoms with Gasteiger partial charge in [0.15, 0.2) is 11.5 Å². The molecule has 0 saturated carbocycles. The fourth-order valence-corrected chi connectivity index (χ4v) is 6.64. The van der Waals surface area contributed by atoms with E-state index in [-0.39, 0.29) is 29.3 Å². The lowest BCUT2D eigenvalue weighted by Gasteiger charge is -2.13. The molecule has 0 aliphatic heterocycles. The van der Waals surface area contributed by atoms with Gasteiger partial charge in [-0.25, -0.2) is 4.68 Å². The van der Waals surface area contributed by atoms with Crippen molar-refractivity contribution in [2.75, 3.05) is 33.5 Å². The number of ether oxygens (including phenoxy) is 5. The first-order chi connectivity index (χ1) is 30.4. The summed E-state index contributed by atoms with van der Waals surface area (Å²) in [7, 11) is 1.61. The average molecular weight is 836 g/mol. The molecular weight excluding hydrogens is 787 g/mol. The third-order valence-electron chi connectivity index (χ3n) is 10.1. The molecule has 0 atom stereocenters. The van der Waals surface area contributed by atoms with Crippen LogP contribution in [0.3, 0.4) is 0 Å². The Labute approximate surface area is 359 Å². The Morgan fingerprint density at radius 3 is 2.39 bits per heavy atom. The Morgan fingerprint density at radius 2 is 1.58 bits per heavy atom. The maximum Gasteiger partial charge on any atom is 0.235 e. The normalized spacial score (nSPS) is 11.3. The van der Waals surface area contributed by atoms with Crippen molar-refractivity contribution in [2.24, 2.45) is 0 Å². The summed E-state index contributed by atoms with van der Waals surface area (Å²) in [6.07, 6.45) is 8.48. The third kappa shape index (κ3) is 11.5. The Bertz CT molecular complexity index is 2650. The van der Waals surface area contributed by atoms with Crippen LogP contribution in [0.1, 0.15) is 52.5 Å². The molecule has 0 amide bonds. The molecule has 2 aromatic heterocycles. The topological polar surface area (TPSA) is 144 Å². The molecule has 0 unspecified atom stereocenters. The monoisotopic (exact) mass is 835 g/mol. The molecule has 7 rings (SSSR count). The zero-order chi connectivity index (χ0) is 43.1. The van der Waals surface area contributed by atoms with E-state index in [4.69, 9.17) is 28.1 Å². The lowest BCUT2D eigenvalue weighted by atomic mass is 10.0. The number of hydrogen-bond donors (Lipinski definition) is 1. The summed E-state index contributed by atoms with van der Waals surface area (Å²) in [5.41, 5.74) is 4.84. The van der Waals surface area contributed by atoms with Gasteiger partial charge in [-0.1, -0.05) is 60.7 Å². The second-order valence-corrected chi connectivity index (χ2v) is 14.5. The smallest absolute Gasteiger partial charge is 0.235 e. The lowest BCUT2D eigenvalue weighted by Crippen LogP contribution is -2.12. The van der Waals surface area contributed by atoms with Crippen molar-refractivity contribution >= 4 is 22.8 Å². The molecule has 62 heavy (non-hydrogen) atoms. The van der Waals surface area contributed by atoms with Crippen LogP contribution >= 0.6 is 0 Å². The number of unbranched alkanes of at least 4 members (excludes halogenated alkanes) is 1. The molecule has 12 nitrogen and oxygen atoms in total. The average Bonchev–Trinajstić information content (AvgIpc) is 3.77. The fraction of sp³-hybridized carbons (Fsp3) is 0.240. The van der Waals surface area contributed by atoms with Gasteiger partial charge >= 0.3 is 0 Å². The second-order valence-electron chi connectivity index (χ2n) is 14.5. The van der Waals surface area contributed by atoms with E-state index in [0.29, 0.717) is 72.3 Å². The first kappa shape index (κ1) is 42.9. The van der Waals surface area contributed by atoms with Gasteiger partial charge in [-0.2, -0.15) is 0 Å². The van der Waals surface area contributed by atoms with Crippen molar-refractivity contribution in [1.82, 2.24) is 15.0 Å². The maximum atomic E-state index is 13.6. The third-order valence-corrected chi connectivity index (χ3v) is 10.1. The molecule has 0 radical (unpaired) electrons. The van der Waals surface area contributed by atoms with E-state index in [0.717, 1.165) is 53.8 Å². The zero-order valence-corrected chi connectivity index (χ0v) is 34.8. The van der Waals surface area contributed by atoms with Crippen LogP contribution in [0.4, 0.5) is 0 Å². The minimum Gasteiger partial charge on any atom is -0.507 e. The van der Waals surface area contributed by atoms with Crippen molar-refractivity contribution < 1.29 is 38.0 Å². The van der Waals surface area contributed by atoms with Gasteiger partial charge in [0.05, 0.1) is 50.1 Å². The molecule has 2 heterocycles. The van der Waals surface area contributed by atoms with Crippen molar-refractivity contribution in [2.45, 2.75) is 45.8 Å². The van der Waals surface area contributed by atoms with Crippen molar-refractivity contribution in [1.29, 1.82) is 0 Å². The van der Waals surface area contributed by atoms with E-state index in [1.807, 2.05) is 98.0 Å². The number of para-hydroxylation sites is 1. The number of aromatic nitrogens is 3. The highest BCUT2D eigenvalue weighted by molar-refractivity contribution is 6.08. The standard InChI is InChI=1S/C50H49N3O9/c1-3-35-16-24-45(54)44(32-35)46(55)25-17-36-14-20-40(21-15-36)59-27-7-6-10-39-33-53(52-51-39)26-28-58-29-30-60-41-22-18-38(19-23-41)49-50(48(56)43-12-4-5-13-47(43)62-49)61-34-37-9-8-11-42(31-37)57-2/h4-5,8-9,11-25,31-33,54H,3,6-7,10,26-30,34H2,1-2H3/b25-17+. The number of aryl methyl sites for hydroxylation is 2. The highest BCUT2D eigenvalue weighted by atomic mass is 16.5. The Balaban J connectivity index is 0.792. The fourth-order valence-electron chi connectivity index (χ4n) is 6.64. The molecule has 0 spiro atoms. The van der Waals surface area contributed by atoms with Crippen LogP contribution < -0.4 is 24.4 Å². The van der Waals surface area contributed by atoms with Crippen molar-refractivity contribution in [3.8, 4) is 40.1 Å². The number of nitrogens with zero attached hydrogens (tertiary/aromatic N) is 3. The number of aromatic hydroxyl groups is 1. The van der Waals surface area contributed by atoms with E-state index >= 15 is 0 Å². The van der Waals surface area contributed by atoms with Crippen LogP contribution in [0, 0.1) is 0 Å². The summed E-state index contributed by atoms with van der Waals surface area (Å²) in [5, 5.41) is 19.1. The summed E-state index contributed by atoms with van der Waals surface area (Å²) in [5.74, 6) is 2.33. The maximum absolute atomic E-state index is 13.6. The van der Waals surface area contributed by atoms with Crippen LogP contribution in [-0.4, -0.2) is 59.4 Å². The number of allylic oxidation sites excluding steroid dienone is 1. The largest absolute Gasteiger partial charge is 0.507 e. The molecule has 12 heteroatoms. The van der Waals surface area contributed by atoms with Crippen molar-refractivity contribution in [3.05, 3.63) is 166 Å². The minimum atomic E-state index is -0.245. The van der Waals surface area contributed by atoms with E-state index in [2.05, 4.69) is 10.3 Å². The number of methoxy groups -OCH3 is 1. The molecule has 0 fully saturated rings. The molecular formula is C50H49N3O9. The van der Waals surface area contributed by atoms with Gasteiger partial charge < -0.3 is 33.2 Å². The number of carbonyl (C=O) groups excluding carboxylic acids is 1. The van der Waals surface area contributed by atoms with Gasteiger partial charge in [0.1, 0.15) is 41.8 Å². The predicted molar refractivity (Wildman–Crippen MR) is 237 cm³/mol. The summed E-state index contributed by atoms with van der Waals surface area (Å²) < 4.78 is 37.1. The number of benzene rings is 5. The highest BCUT2D eigenvalue weighted by Crippen LogP contribution is 2.33. The van der Waals surface area contributed by atoms with Gasteiger partial charge in [0.2, 0.25) is 11.2 Å². The zero-order valence-electron chi connectivity index (χ0n) is 34.8. The Kier molecular flexibility index (Phi) is 14.8. The van der Waals surface area contributed by atoms with Crippen LogP contribution in [-0.2, 0) is 30.7 Å². The van der Waals surface area contributed by atoms with E-state index < -0.39 is 0 Å². The summed E-state index contributed by atoms with van der Waals surface area (Å²) in [6, 6.07) is 34.6. The van der Waals surface area contributed by atoms with Gasteiger partial charge in [-0.15, -0.1) is 5.10 Å². The number of ketones is 1. The minimum absolute atomic E-state index is 0.0167. The molecule has 0 aliphatic rings. The molecule has 318 valence electrons. The molecule has 5 aromatic carbocycles. The lowest BCUT2D eigenvalue weighted by molar-refractivity contribution is 0.0923. The van der Waals surface area contributed by atoms with Gasteiger partial charge in [0, 0.05) is 11.8 Å². The number of carbonyl (C=O) groups is 1. The quantitative estimate of drug-likeness (QED) is 0.0396. The summed E-state index contributed by atoms with van der Waals surface area (Å²) in [4.78, 5) is 26.2. The van der Waals surface area contributed by atoms with E-state index in [1.165, 1.54) is 6.08 Å². The number of phenols is 1. The van der Waals surface area contributed by atoms with E-state index in [1.54, 1.807) is 48.2 Å². The first-order valence-corrected chi connectivity index (χ1v) is 20.7. The van der Waals surface area contributed by atoms with Crippen LogP contribution in [0.5, 0.6) is 28.7 Å². The molecule has 1 N–H and O–H groups in total. The highest BCUT2D eigenvalue weighted by Gasteiger charge is 2.18. The molecule has 0 bridgehead atoms. The van der Waals surface area contributed by atoms with Gasteiger partial charge in [0.25, 0.3) is 0 Å². The Hall–Kier alpha value is -7.18. The second kappa shape index (κ2) is 21.4. The summed E-state index contributed by atoms with van der Waals surface area (Å²) >= 11 is 0. The molecule has 0 saturated heterocycles. The Morgan fingerprint density at radius 1 is 0.790 bits per heavy atom. The first-order valence-electron chi connectivity index (χ1n) is 20.7. The predicted octanol–water partition coefficient (Wildman–Crippen LogP) is 9.30. The number of phenolic OH excluding ortho intramolecular Hbond substituents is 1. The molecule has 7 aromatic rings. The number of hydrogen-bond acceptors (Lipinski definition) is 11. The van der Waals surface area contributed by atoms with Crippen molar-refractivity contribution in [3.63, 3.8) is 0 Å².